The van der Waals surface area contributed by atoms with E-state index in [9.17, 15) is 9.59 Å². The minimum Gasteiger partial charge on any atom is -0.480 e. The van der Waals surface area contributed by atoms with Crippen molar-refractivity contribution in [3.05, 3.63) is 65.7 Å². The van der Waals surface area contributed by atoms with Crippen LogP contribution >= 0.6 is 0 Å². The topological polar surface area (TPSA) is 55.8 Å². The van der Waals surface area contributed by atoms with Gasteiger partial charge in [-0.15, -0.1) is 0 Å². The highest BCUT2D eigenvalue weighted by molar-refractivity contribution is 5.86. The van der Waals surface area contributed by atoms with E-state index in [1.165, 1.54) is 12.0 Å². The zero-order valence-electron chi connectivity index (χ0n) is 13.5. The molecule has 5 nitrogen and oxygen atoms in total. The summed E-state index contributed by atoms with van der Waals surface area (Å²) < 4.78 is 10.7. The minimum atomic E-state index is -0.666. The SMILES string of the molecule is COC(=O)CN1Cc2ccccc2OC(Cc2ccccc2)C1=O. The molecule has 1 atom stereocenters. The lowest BCUT2D eigenvalue weighted by Gasteiger charge is -2.22. The summed E-state index contributed by atoms with van der Waals surface area (Å²) in [6.45, 7) is 0.244. The number of hydrogen-bond acceptors (Lipinski definition) is 4. The Labute approximate surface area is 140 Å². The van der Waals surface area contributed by atoms with Gasteiger partial charge in [0.1, 0.15) is 12.3 Å². The zero-order chi connectivity index (χ0) is 16.9. The molecule has 1 unspecified atom stereocenters. The van der Waals surface area contributed by atoms with Gasteiger partial charge in [0.05, 0.1) is 13.7 Å². The second-order valence-electron chi connectivity index (χ2n) is 5.67. The first-order valence-electron chi connectivity index (χ1n) is 7.81. The summed E-state index contributed by atoms with van der Waals surface area (Å²) in [7, 11) is 1.32. The number of para-hydroxylation sites is 1. The van der Waals surface area contributed by atoms with Crippen molar-refractivity contribution in [2.75, 3.05) is 13.7 Å². The molecule has 1 heterocycles. The first-order chi connectivity index (χ1) is 11.7. The second kappa shape index (κ2) is 7.17. The maximum atomic E-state index is 12.9. The molecule has 0 radical (unpaired) electrons. The van der Waals surface area contributed by atoms with E-state index in [1.807, 2.05) is 54.6 Å². The van der Waals surface area contributed by atoms with Gasteiger partial charge in [0, 0.05) is 12.0 Å². The van der Waals surface area contributed by atoms with Crippen LogP contribution in [0, 0.1) is 0 Å². The molecule has 1 amide bonds. The summed E-state index contributed by atoms with van der Waals surface area (Å²) in [5.74, 6) is 0.0285. The first-order valence-corrected chi connectivity index (χ1v) is 7.81. The molecule has 2 aromatic rings. The molecular formula is C19H19NO4. The Balaban J connectivity index is 1.89. The molecule has 0 aromatic heterocycles. The Morgan fingerprint density at radius 1 is 1.17 bits per heavy atom. The number of esters is 1. The van der Waals surface area contributed by atoms with E-state index in [0.717, 1.165) is 11.1 Å². The monoisotopic (exact) mass is 325 g/mol. The van der Waals surface area contributed by atoms with Gasteiger partial charge >= 0.3 is 5.97 Å². The van der Waals surface area contributed by atoms with Crippen LogP contribution in [0.4, 0.5) is 0 Å². The zero-order valence-corrected chi connectivity index (χ0v) is 13.5. The van der Waals surface area contributed by atoms with Crippen molar-refractivity contribution >= 4 is 11.9 Å². The molecule has 5 heteroatoms. The highest BCUT2D eigenvalue weighted by atomic mass is 16.5. The third kappa shape index (κ3) is 3.56. The molecule has 2 aromatic carbocycles. The Kier molecular flexibility index (Phi) is 4.79. The van der Waals surface area contributed by atoms with Gasteiger partial charge in [-0.1, -0.05) is 48.5 Å². The number of fused-ring (bicyclic) bond motifs is 1. The van der Waals surface area contributed by atoms with Crippen LogP contribution in [-0.4, -0.2) is 36.5 Å². The molecular weight excluding hydrogens is 306 g/mol. The van der Waals surface area contributed by atoms with E-state index in [-0.39, 0.29) is 12.5 Å². The fraction of sp³-hybridized carbons (Fsp3) is 0.263. The normalized spacial score (nSPS) is 16.8. The smallest absolute Gasteiger partial charge is 0.325 e. The van der Waals surface area contributed by atoms with Crippen molar-refractivity contribution in [3.8, 4) is 5.75 Å². The van der Waals surface area contributed by atoms with E-state index >= 15 is 0 Å². The lowest BCUT2D eigenvalue weighted by molar-refractivity contribution is -0.149. The van der Waals surface area contributed by atoms with Gasteiger partial charge < -0.3 is 14.4 Å². The van der Waals surface area contributed by atoms with Crippen LogP contribution in [0.3, 0.4) is 0 Å². The molecule has 3 rings (SSSR count). The van der Waals surface area contributed by atoms with Crippen molar-refractivity contribution < 1.29 is 19.1 Å². The lowest BCUT2D eigenvalue weighted by Crippen LogP contribution is -2.43. The Morgan fingerprint density at radius 3 is 2.62 bits per heavy atom. The van der Waals surface area contributed by atoms with Gasteiger partial charge in [0.15, 0.2) is 6.10 Å². The number of hydrogen-bond donors (Lipinski definition) is 0. The van der Waals surface area contributed by atoms with E-state index < -0.39 is 12.1 Å². The second-order valence-corrected chi connectivity index (χ2v) is 5.67. The van der Waals surface area contributed by atoms with Crippen molar-refractivity contribution in [1.29, 1.82) is 0 Å². The molecule has 1 aliphatic heterocycles. The molecule has 0 saturated carbocycles. The summed E-state index contributed by atoms with van der Waals surface area (Å²) in [4.78, 5) is 26.0. The number of carbonyl (C=O) groups excluding carboxylic acids is 2. The van der Waals surface area contributed by atoms with Crippen LogP contribution in [-0.2, 0) is 27.3 Å². The fourth-order valence-corrected chi connectivity index (χ4v) is 2.75. The van der Waals surface area contributed by atoms with Crippen LogP contribution in [0.25, 0.3) is 0 Å². The van der Waals surface area contributed by atoms with Crippen molar-refractivity contribution in [1.82, 2.24) is 4.90 Å². The maximum absolute atomic E-state index is 12.9. The van der Waals surface area contributed by atoms with Crippen molar-refractivity contribution in [3.63, 3.8) is 0 Å². The molecule has 24 heavy (non-hydrogen) atoms. The van der Waals surface area contributed by atoms with Gasteiger partial charge in [-0.2, -0.15) is 0 Å². The summed E-state index contributed by atoms with van der Waals surface area (Å²) in [6, 6.07) is 17.2. The summed E-state index contributed by atoms with van der Waals surface area (Å²) >= 11 is 0. The average Bonchev–Trinajstić information content (AvgIpc) is 2.73. The van der Waals surface area contributed by atoms with E-state index in [2.05, 4.69) is 0 Å². The van der Waals surface area contributed by atoms with Gasteiger partial charge in [0.2, 0.25) is 0 Å². The highest BCUT2D eigenvalue weighted by Gasteiger charge is 2.32. The van der Waals surface area contributed by atoms with Crippen LogP contribution < -0.4 is 4.74 Å². The number of carbonyl (C=O) groups is 2. The molecule has 124 valence electrons. The average molecular weight is 325 g/mol. The van der Waals surface area contributed by atoms with Gasteiger partial charge in [-0.3, -0.25) is 9.59 Å². The van der Waals surface area contributed by atoms with Crippen LogP contribution in [0.5, 0.6) is 5.75 Å². The number of methoxy groups -OCH3 is 1. The first kappa shape index (κ1) is 16.1. The molecule has 0 saturated heterocycles. The van der Waals surface area contributed by atoms with Gasteiger partial charge in [-0.25, -0.2) is 0 Å². The summed E-state index contributed by atoms with van der Waals surface area (Å²) in [5, 5.41) is 0. The number of nitrogens with zero attached hydrogens (tertiary/aromatic N) is 1. The number of rotatable bonds is 4. The van der Waals surface area contributed by atoms with Gasteiger partial charge in [0.25, 0.3) is 5.91 Å². The van der Waals surface area contributed by atoms with Crippen LogP contribution in [0.1, 0.15) is 11.1 Å². The molecule has 0 aliphatic carbocycles. The fourth-order valence-electron chi connectivity index (χ4n) is 2.75. The predicted octanol–water partition coefficient (Wildman–Crippen LogP) is 2.19. The maximum Gasteiger partial charge on any atom is 0.325 e. The number of amides is 1. The number of benzene rings is 2. The Bertz CT molecular complexity index is 729. The van der Waals surface area contributed by atoms with Crippen LogP contribution in [0.15, 0.2) is 54.6 Å². The van der Waals surface area contributed by atoms with E-state index in [1.54, 1.807) is 0 Å². The third-order valence-electron chi connectivity index (χ3n) is 4.00. The van der Waals surface area contributed by atoms with Crippen molar-refractivity contribution in [2.24, 2.45) is 0 Å². The lowest BCUT2D eigenvalue weighted by atomic mass is 10.1. The van der Waals surface area contributed by atoms with E-state index in [4.69, 9.17) is 9.47 Å². The quantitative estimate of drug-likeness (QED) is 0.809. The highest BCUT2D eigenvalue weighted by Crippen LogP contribution is 2.26. The van der Waals surface area contributed by atoms with Crippen LogP contribution in [0.2, 0.25) is 0 Å². The number of ether oxygens (including phenoxy) is 2. The van der Waals surface area contributed by atoms with E-state index in [0.29, 0.717) is 18.7 Å². The molecule has 0 fully saturated rings. The Hall–Kier alpha value is -2.82. The minimum absolute atomic E-state index is 0.0850. The summed E-state index contributed by atoms with van der Waals surface area (Å²) in [5.41, 5.74) is 1.89. The largest absolute Gasteiger partial charge is 0.480 e. The molecule has 0 spiro atoms. The third-order valence-corrected chi connectivity index (χ3v) is 4.00. The standard InChI is InChI=1S/C19H19NO4/c1-23-18(21)13-20-12-15-9-5-6-10-16(15)24-17(19(20)22)11-14-7-3-2-4-8-14/h2-10,17H,11-13H2,1H3. The predicted molar refractivity (Wildman–Crippen MR) is 88.4 cm³/mol. The van der Waals surface area contributed by atoms with Gasteiger partial charge in [-0.05, 0) is 11.6 Å². The van der Waals surface area contributed by atoms with Crippen molar-refractivity contribution in [2.45, 2.75) is 19.1 Å². The Morgan fingerprint density at radius 2 is 1.88 bits per heavy atom. The summed E-state index contributed by atoms with van der Waals surface area (Å²) in [6.07, 6.45) is -0.216. The molecule has 0 bridgehead atoms. The molecule has 0 N–H and O–H groups in total. The molecule has 1 aliphatic rings.